The minimum atomic E-state index is -0.0176. The topological polar surface area (TPSA) is 59.4 Å². The molecular weight excluding hydrogens is 290 g/mol. The Morgan fingerprint density at radius 3 is 2.57 bits per heavy atom. The fourth-order valence-electron chi connectivity index (χ4n) is 5.16. The molecule has 5 nitrogen and oxygen atoms in total. The summed E-state index contributed by atoms with van der Waals surface area (Å²) in [6, 6.07) is 0. The first-order valence-electron chi connectivity index (χ1n) is 9.47. The Kier molecular flexibility index (Phi) is 5.00. The summed E-state index contributed by atoms with van der Waals surface area (Å²) < 4.78 is 5.38. The number of carbonyl (C=O) groups is 1. The number of nitrogens with one attached hydrogen (secondary N) is 2. The van der Waals surface area contributed by atoms with Crippen molar-refractivity contribution in [2.45, 2.75) is 45.6 Å². The number of hydrogen-bond acceptors (Lipinski definition) is 2. The third kappa shape index (κ3) is 3.28. The van der Waals surface area contributed by atoms with E-state index in [0.29, 0.717) is 12.5 Å². The molecule has 1 saturated heterocycles. The quantitative estimate of drug-likeness (QED) is 0.537. The molecule has 0 spiro atoms. The minimum absolute atomic E-state index is 0.0176. The molecule has 5 heteroatoms. The zero-order valence-electron chi connectivity index (χ0n) is 15.1. The van der Waals surface area contributed by atoms with Crippen LogP contribution in [0.25, 0.3) is 0 Å². The van der Waals surface area contributed by atoms with Crippen molar-refractivity contribution in [3.63, 3.8) is 0 Å². The SMILES string of the molecule is CC1(C)[C@@H]2CC[C@@H](C2)[C@@]1(C)NC(=O)C[NH2+]CC[NH+]1CCOCC1. The fraction of sp³-hybridized carbons (Fsp3) is 0.944. The van der Waals surface area contributed by atoms with E-state index < -0.39 is 0 Å². The molecule has 3 aliphatic rings. The number of nitrogens with two attached hydrogens (primary N) is 1. The molecule has 0 aromatic heterocycles. The van der Waals surface area contributed by atoms with Crippen LogP contribution in [0.2, 0.25) is 0 Å². The molecule has 1 amide bonds. The van der Waals surface area contributed by atoms with Gasteiger partial charge in [-0.3, -0.25) is 4.79 Å². The summed E-state index contributed by atoms with van der Waals surface area (Å²) in [6.07, 6.45) is 3.93. The highest BCUT2D eigenvalue weighted by molar-refractivity contribution is 5.77. The molecule has 3 atom stereocenters. The lowest BCUT2D eigenvalue weighted by atomic mass is 9.64. The summed E-state index contributed by atoms with van der Waals surface area (Å²) in [4.78, 5) is 14.1. The van der Waals surface area contributed by atoms with Crippen LogP contribution in [0, 0.1) is 17.3 Å². The van der Waals surface area contributed by atoms with Gasteiger partial charge in [-0.05, 0) is 43.4 Å². The van der Waals surface area contributed by atoms with E-state index in [4.69, 9.17) is 4.74 Å². The number of quaternary nitrogens is 2. The molecule has 2 bridgehead atoms. The smallest absolute Gasteiger partial charge is 0.275 e. The number of amides is 1. The third-order valence-electron chi connectivity index (χ3n) is 7.24. The first-order chi connectivity index (χ1) is 10.9. The van der Waals surface area contributed by atoms with Crippen LogP contribution in [0.3, 0.4) is 0 Å². The van der Waals surface area contributed by atoms with Crippen molar-refractivity contribution in [1.82, 2.24) is 5.32 Å². The molecule has 23 heavy (non-hydrogen) atoms. The largest absolute Gasteiger partial charge is 0.370 e. The number of ether oxygens (including phenoxy) is 1. The van der Waals surface area contributed by atoms with Gasteiger partial charge in [-0.1, -0.05) is 13.8 Å². The second kappa shape index (κ2) is 6.69. The zero-order chi connectivity index (χ0) is 16.5. The van der Waals surface area contributed by atoms with Crippen LogP contribution in [0.1, 0.15) is 40.0 Å². The Hall–Kier alpha value is -0.650. The Bertz CT molecular complexity index is 434. The monoisotopic (exact) mass is 325 g/mol. The molecule has 4 N–H and O–H groups in total. The van der Waals surface area contributed by atoms with Crippen molar-refractivity contribution in [2.24, 2.45) is 17.3 Å². The molecule has 2 saturated carbocycles. The van der Waals surface area contributed by atoms with Gasteiger partial charge in [-0.2, -0.15) is 0 Å². The van der Waals surface area contributed by atoms with Crippen molar-refractivity contribution >= 4 is 5.91 Å². The second-order valence-electron chi connectivity index (χ2n) is 8.57. The Balaban J connectivity index is 1.41. The zero-order valence-corrected chi connectivity index (χ0v) is 15.1. The second-order valence-corrected chi connectivity index (χ2v) is 8.57. The summed E-state index contributed by atoms with van der Waals surface area (Å²) in [5.41, 5.74) is 0.208. The maximum absolute atomic E-state index is 12.5. The molecule has 0 unspecified atom stereocenters. The average Bonchev–Trinajstić information content (AvgIpc) is 3.08. The molecular formula is C18H35N3O2+2. The molecule has 3 rings (SSSR count). The number of hydrogen-bond donors (Lipinski definition) is 3. The normalized spacial score (nSPS) is 36.3. The third-order valence-corrected chi connectivity index (χ3v) is 7.24. The molecule has 1 aliphatic heterocycles. The summed E-state index contributed by atoms with van der Waals surface area (Å²) in [6.45, 7) is 13.7. The van der Waals surface area contributed by atoms with Gasteiger partial charge < -0.3 is 20.3 Å². The minimum Gasteiger partial charge on any atom is -0.370 e. The number of morpholine rings is 1. The van der Waals surface area contributed by atoms with E-state index in [9.17, 15) is 4.79 Å². The van der Waals surface area contributed by atoms with E-state index in [-0.39, 0.29) is 16.9 Å². The lowest BCUT2D eigenvalue weighted by molar-refractivity contribution is -0.919. The van der Waals surface area contributed by atoms with Gasteiger partial charge >= 0.3 is 0 Å². The first-order valence-corrected chi connectivity index (χ1v) is 9.47. The predicted molar refractivity (Wildman–Crippen MR) is 89.2 cm³/mol. The van der Waals surface area contributed by atoms with E-state index in [1.54, 1.807) is 4.90 Å². The molecule has 0 aromatic rings. The Labute approximate surface area is 140 Å². The van der Waals surface area contributed by atoms with Crippen LogP contribution in [0.5, 0.6) is 0 Å². The van der Waals surface area contributed by atoms with Crippen LogP contribution in [0.15, 0.2) is 0 Å². The highest BCUT2D eigenvalue weighted by atomic mass is 16.5. The van der Waals surface area contributed by atoms with E-state index in [2.05, 4.69) is 31.4 Å². The summed E-state index contributed by atoms with van der Waals surface area (Å²) >= 11 is 0. The van der Waals surface area contributed by atoms with E-state index >= 15 is 0 Å². The predicted octanol–water partition coefficient (Wildman–Crippen LogP) is -1.20. The average molecular weight is 325 g/mol. The summed E-state index contributed by atoms with van der Waals surface area (Å²) in [5, 5.41) is 5.59. The maximum atomic E-state index is 12.5. The van der Waals surface area contributed by atoms with Gasteiger partial charge in [0, 0.05) is 5.54 Å². The Morgan fingerprint density at radius 1 is 1.22 bits per heavy atom. The van der Waals surface area contributed by atoms with Gasteiger partial charge in [0.15, 0.2) is 6.54 Å². The van der Waals surface area contributed by atoms with Gasteiger partial charge in [0.2, 0.25) is 0 Å². The lowest BCUT2D eigenvalue weighted by Gasteiger charge is -2.48. The van der Waals surface area contributed by atoms with Crippen LogP contribution in [0.4, 0.5) is 0 Å². The van der Waals surface area contributed by atoms with Crippen LogP contribution >= 0.6 is 0 Å². The van der Waals surface area contributed by atoms with Crippen molar-refractivity contribution in [3.05, 3.63) is 0 Å². The summed E-state index contributed by atoms with van der Waals surface area (Å²) in [7, 11) is 0. The van der Waals surface area contributed by atoms with Gasteiger partial charge in [-0.25, -0.2) is 0 Å². The molecule has 3 fully saturated rings. The van der Waals surface area contributed by atoms with E-state index in [1.807, 2.05) is 0 Å². The van der Waals surface area contributed by atoms with Gasteiger partial charge in [0.1, 0.15) is 26.2 Å². The Morgan fingerprint density at radius 2 is 1.91 bits per heavy atom. The standard InChI is InChI=1S/C18H33N3O2/c1-17(2)14-4-5-15(12-14)18(17,3)20-16(22)13-19-6-7-21-8-10-23-11-9-21/h14-15,19H,4-13H2,1-3H3,(H,20,22)/p+2/t14-,15+,18-/m1/s1. The number of rotatable bonds is 6. The van der Waals surface area contributed by atoms with Gasteiger partial charge in [-0.15, -0.1) is 0 Å². The highest BCUT2D eigenvalue weighted by Crippen LogP contribution is 2.61. The van der Waals surface area contributed by atoms with Crippen LogP contribution in [-0.4, -0.2) is 57.4 Å². The van der Waals surface area contributed by atoms with Crippen molar-refractivity contribution in [2.75, 3.05) is 45.9 Å². The van der Waals surface area contributed by atoms with Crippen molar-refractivity contribution in [3.8, 4) is 0 Å². The van der Waals surface area contributed by atoms with E-state index in [1.165, 1.54) is 19.3 Å². The number of carbonyl (C=O) groups excluding carboxylic acids is 1. The summed E-state index contributed by atoms with van der Waals surface area (Å²) in [5.74, 6) is 1.67. The molecule has 132 valence electrons. The molecule has 0 radical (unpaired) electrons. The van der Waals surface area contributed by atoms with Gasteiger partial charge in [0.25, 0.3) is 5.91 Å². The number of fused-ring (bicyclic) bond motifs is 2. The highest BCUT2D eigenvalue weighted by Gasteiger charge is 2.60. The van der Waals surface area contributed by atoms with Crippen LogP contribution in [-0.2, 0) is 9.53 Å². The first kappa shape index (κ1) is 17.2. The maximum Gasteiger partial charge on any atom is 0.275 e. The van der Waals surface area contributed by atoms with Gasteiger partial charge in [0.05, 0.1) is 13.2 Å². The lowest BCUT2D eigenvalue weighted by Crippen LogP contribution is -3.16. The van der Waals surface area contributed by atoms with Crippen molar-refractivity contribution < 1.29 is 19.7 Å². The van der Waals surface area contributed by atoms with E-state index in [0.717, 1.165) is 45.3 Å². The molecule has 0 aromatic carbocycles. The van der Waals surface area contributed by atoms with Crippen LogP contribution < -0.4 is 15.5 Å². The molecule has 1 heterocycles. The fourth-order valence-corrected chi connectivity index (χ4v) is 5.16. The van der Waals surface area contributed by atoms with Crippen molar-refractivity contribution in [1.29, 1.82) is 0 Å². The molecule has 2 aliphatic carbocycles.